The maximum atomic E-state index is 11.3. The van der Waals surface area contributed by atoms with Gasteiger partial charge in [0.1, 0.15) is 6.07 Å². The van der Waals surface area contributed by atoms with E-state index in [1.807, 2.05) is 6.92 Å². The molecule has 0 aromatic carbocycles. The van der Waals surface area contributed by atoms with Crippen LogP contribution in [0.2, 0.25) is 0 Å². The van der Waals surface area contributed by atoms with E-state index in [1.165, 1.54) is 6.08 Å². The number of rotatable bonds is 6. The summed E-state index contributed by atoms with van der Waals surface area (Å²) in [5.41, 5.74) is 0.411. The van der Waals surface area contributed by atoms with Crippen molar-refractivity contribution < 1.29 is 9.53 Å². The topological polar surface area (TPSA) is 50.1 Å². The third-order valence-corrected chi connectivity index (χ3v) is 1.70. The number of carbonyl (C=O) groups is 1. The summed E-state index contributed by atoms with van der Waals surface area (Å²) in [4.78, 5) is 11.3. The first-order valence-corrected chi connectivity index (χ1v) is 4.56. The molecule has 0 spiro atoms. The highest BCUT2D eigenvalue weighted by molar-refractivity contribution is 5.88. The Kier molecular flexibility index (Phi) is 6.13. The number of hydrogen-bond acceptors (Lipinski definition) is 3. The second-order valence-corrected chi connectivity index (χ2v) is 2.90. The van der Waals surface area contributed by atoms with Crippen molar-refractivity contribution in [3.05, 3.63) is 24.8 Å². The highest BCUT2D eigenvalue weighted by atomic mass is 16.5. The SMILES string of the molecule is C=CC(C#N)OC(=O)C(=C)CCCC. The van der Waals surface area contributed by atoms with Crippen LogP contribution < -0.4 is 0 Å². The fraction of sp³-hybridized carbons (Fsp3) is 0.455. The highest BCUT2D eigenvalue weighted by Gasteiger charge is 2.12. The van der Waals surface area contributed by atoms with Gasteiger partial charge in [-0.3, -0.25) is 0 Å². The monoisotopic (exact) mass is 193 g/mol. The van der Waals surface area contributed by atoms with E-state index in [0.29, 0.717) is 12.0 Å². The van der Waals surface area contributed by atoms with Gasteiger partial charge in [0.15, 0.2) is 0 Å². The van der Waals surface area contributed by atoms with Gasteiger partial charge < -0.3 is 4.74 Å². The van der Waals surface area contributed by atoms with Gasteiger partial charge in [-0.25, -0.2) is 4.79 Å². The van der Waals surface area contributed by atoms with Crippen LogP contribution in [-0.4, -0.2) is 12.1 Å². The van der Waals surface area contributed by atoms with Crippen molar-refractivity contribution in [3.8, 4) is 6.07 Å². The molecule has 1 atom stereocenters. The van der Waals surface area contributed by atoms with Crippen LogP contribution in [0, 0.1) is 11.3 Å². The van der Waals surface area contributed by atoms with Crippen molar-refractivity contribution >= 4 is 5.97 Å². The maximum Gasteiger partial charge on any atom is 0.335 e. The van der Waals surface area contributed by atoms with Crippen molar-refractivity contribution in [3.63, 3.8) is 0 Å². The van der Waals surface area contributed by atoms with Gasteiger partial charge in [-0.15, -0.1) is 0 Å². The van der Waals surface area contributed by atoms with Crippen LogP contribution in [0.3, 0.4) is 0 Å². The Balaban J connectivity index is 4.01. The summed E-state index contributed by atoms with van der Waals surface area (Å²) >= 11 is 0. The molecule has 76 valence electrons. The summed E-state index contributed by atoms with van der Waals surface area (Å²) in [6.45, 7) is 9.00. The van der Waals surface area contributed by atoms with Gasteiger partial charge in [0, 0.05) is 5.57 Å². The first kappa shape index (κ1) is 12.4. The number of nitrogens with zero attached hydrogens (tertiary/aromatic N) is 1. The minimum Gasteiger partial charge on any atom is -0.439 e. The van der Waals surface area contributed by atoms with Gasteiger partial charge in [0.05, 0.1) is 0 Å². The molecule has 0 saturated carbocycles. The molecule has 0 rings (SSSR count). The molecule has 0 aromatic heterocycles. The molecule has 0 saturated heterocycles. The Morgan fingerprint density at radius 3 is 2.79 bits per heavy atom. The predicted octanol–water partition coefficient (Wildman–Crippen LogP) is 2.35. The zero-order valence-electron chi connectivity index (χ0n) is 8.45. The van der Waals surface area contributed by atoms with E-state index in [4.69, 9.17) is 10.00 Å². The zero-order chi connectivity index (χ0) is 11.0. The minimum absolute atomic E-state index is 0.411. The summed E-state index contributed by atoms with van der Waals surface area (Å²) in [5, 5.41) is 8.50. The van der Waals surface area contributed by atoms with E-state index in [0.717, 1.165) is 12.8 Å². The smallest absolute Gasteiger partial charge is 0.335 e. The van der Waals surface area contributed by atoms with E-state index >= 15 is 0 Å². The third kappa shape index (κ3) is 4.46. The molecular formula is C11H15NO2. The molecular weight excluding hydrogens is 178 g/mol. The molecule has 0 aliphatic carbocycles. The van der Waals surface area contributed by atoms with E-state index in [9.17, 15) is 4.79 Å². The van der Waals surface area contributed by atoms with Gasteiger partial charge >= 0.3 is 5.97 Å². The molecule has 0 aliphatic rings. The molecule has 0 N–H and O–H groups in total. The molecule has 0 fully saturated rings. The van der Waals surface area contributed by atoms with Gasteiger partial charge in [-0.1, -0.05) is 26.5 Å². The van der Waals surface area contributed by atoms with E-state index in [-0.39, 0.29) is 0 Å². The third-order valence-electron chi connectivity index (χ3n) is 1.70. The van der Waals surface area contributed by atoms with Crippen molar-refractivity contribution in [1.29, 1.82) is 5.26 Å². The number of carbonyl (C=O) groups excluding carboxylic acids is 1. The Morgan fingerprint density at radius 1 is 1.71 bits per heavy atom. The van der Waals surface area contributed by atoms with Crippen molar-refractivity contribution in [2.24, 2.45) is 0 Å². The lowest BCUT2D eigenvalue weighted by Gasteiger charge is -2.07. The first-order chi connectivity index (χ1) is 6.65. The molecule has 0 amide bonds. The standard InChI is InChI=1S/C11H15NO2/c1-4-6-7-9(3)11(13)14-10(5-2)8-12/h5,10H,2-4,6-7H2,1H3. The van der Waals surface area contributed by atoms with Crippen LogP contribution in [0.1, 0.15) is 26.2 Å². The van der Waals surface area contributed by atoms with Crippen molar-refractivity contribution in [2.45, 2.75) is 32.3 Å². The van der Waals surface area contributed by atoms with E-state index in [1.54, 1.807) is 6.07 Å². The van der Waals surface area contributed by atoms with Crippen LogP contribution in [-0.2, 0) is 9.53 Å². The van der Waals surface area contributed by atoms with Gasteiger partial charge in [0.25, 0.3) is 0 Å². The Labute approximate surface area is 84.7 Å². The first-order valence-electron chi connectivity index (χ1n) is 4.56. The van der Waals surface area contributed by atoms with Gasteiger partial charge in [0.2, 0.25) is 6.10 Å². The lowest BCUT2D eigenvalue weighted by molar-refractivity contribution is -0.140. The van der Waals surface area contributed by atoms with Crippen molar-refractivity contribution in [2.75, 3.05) is 0 Å². The van der Waals surface area contributed by atoms with Gasteiger partial charge in [-0.05, 0) is 18.9 Å². The second kappa shape index (κ2) is 6.90. The molecule has 0 bridgehead atoms. The quantitative estimate of drug-likeness (QED) is 0.369. The van der Waals surface area contributed by atoms with Crippen LogP contribution >= 0.6 is 0 Å². The van der Waals surface area contributed by atoms with Gasteiger partial charge in [-0.2, -0.15) is 5.26 Å². The number of esters is 1. The predicted molar refractivity (Wildman–Crippen MR) is 54.4 cm³/mol. The van der Waals surface area contributed by atoms with E-state index < -0.39 is 12.1 Å². The molecule has 0 radical (unpaired) electrons. The number of ether oxygens (including phenoxy) is 1. The lowest BCUT2D eigenvalue weighted by Crippen LogP contribution is -2.15. The van der Waals surface area contributed by atoms with Crippen molar-refractivity contribution in [1.82, 2.24) is 0 Å². The molecule has 3 heteroatoms. The lowest BCUT2D eigenvalue weighted by atomic mass is 10.1. The molecule has 0 aliphatic heterocycles. The zero-order valence-corrected chi connectivity index (χ0v) is 8.45. The van der Waals surface area contributed by atoms with Crippen LogP contribution in [0.5, 0.6) is 0 Å². The molecule has 0 aromatic rings. The number of unbranched alkanes of at least 4 members (excludes halogenated alkanes) is 1. The number of nitriles is 1. The van der Waals surface area contributed by atoms with E-state index in [2.05, 4.69) is 13.2 Å². The average molecular weight is 193 g/mol. The minimum atomic E-state index is -0.874. The Morgan fingerprint density at radius 2 is 2.36 bits per heavy atom. The number of hydrogen-bond donors (Lipinski definition) is 0. The fourth-order valence-corrected chi connectivity index (χ4v) is 0.818. The fourth-order valence-electron chi connectivity index (χ4n) is 0.818. The van der Waals surface area contributed by atoms with Crippen LogP contribution in [0.15, 0.2) is 24.8 Å². The summed E-state index contributed by atoms with van der Waals surface area (Å²) < 4.78 is 4.79. The van der Waals surface area contributed by atoms with Crippen LogP contribution in [0.25, 0.3) is 0 Å². The maximum absolute atomic E-state index is 11.3. The second-order valence-electron chi connectivity index (χ2n) is 2.90. The summed E-state index contributed by atoms with van der Waals surface area (Å²) in [5.74, 6) is -0.509. The molecule has 14 heavy (non-hydrogen) atoms. The largest absolute Gasteiger partial charge is 0.439 e. The Bertz CT molecular complexity index is 263. The average Bonchev–Trinajstić information content (AvgIpc) is 2.21. The summed E-state index contributed by atoms with van der Waals surface area (Å²) in [7, 11) is 0. The summed E-state index contributed by atoms with van der Waals surface area (Å²) in [6, 6.07) is 1.79. The Hall–Kier alpha value is -1.56. The normalized spacial score (nSPS) is 11.1. The summed E-state index contributed by atoms with van der Waals surface area (Å²) in [6.07, 6.45) is 2.92. The highest BCUT2D eigenvalue weighted by Crippen LogP contribution is 2.08. The molecule has 0 heterocycles. The molecule has 3 nitrogen and oxygen atoms in total. The molecule has 1 unspecified atom stereocenters. The van der Waals surface area contributed by atoms with Crippen LogP contribution in [0.4, 0.5) is 0 Å².